The highest BCUT2D eigenvalue weighted by Crippen LogP contribution is 2.35. The van der Waals surface area contributed by atoms with Gasteiger partial charge in [0.1, 0.15) is 11.6 Å². The second kappa shape index (κ2) is 9.20. The zero-order valence-electron chi connectivity index (χ0n) is 19.1. The molecule has 1 aromatic rings. The zero-order valence-corrected chi connectivity index (χ0v) is 19.1. The lowest BCUT2D eigenvalue weighted by Gasteiger charge is -2.28. The number of halogens is 3. The number of ether oxygens (including phenoxy) is 1. The molecule has 2 N–H and O–H groups in total. The van der Waals surface area contributed by atoms with E-state index in [0.29, 0.717) is 30.6 Å². The second-order valence-corrected chi connectivity index (χ2v) is 9.34. The summed E-state index contributed by atoms with van der Waals surface area (Å²) in [4.78, 5) is 37.9. The van der Waals surface area contributed by atoms with Crippen LogP contribution in [0.25, 0.3) is 0 Å². The number of alkyl halides is 3. The van der Waals surface area contributed by atoms with Gasteiger partial charge in [-0.3, -0.25) is 14.6 Å². The van der Waals surface area contributed by atoms with E-state index in [-0.39, 0.29) is 13.1 Å². The number of rotatable bonds is 4. The minimum Gasteiger partial charge on any atom is -0.444 e. The molecule has 2 heterocycles. The topological polar surface area (TPSA) is 91.0 Å². The molecule has 1 saturated heterocycles. The van der Waals surface area contributed by atoms with Gasteiger partial charge in [0.25, 0.3) is 5.91 Å². The Labute approximate surface area is 190 Å². The lowest BCUT2D eigenvalue weighted by atomic mass is 9.96. The first kappa shape index (κ1) is 24.8. The monoisotopic (exact) mass is 470 g/mol. The van der Waals surface area contributed by atoms with Crippen molar-refractivity contribution in [3.8, 4) is 0 Å². The maximum atomic E-state index is 13.3. The van der Waals surface area contributed by atoms with Crippen molar-refractivity contribution in [1.29, 1.82) is 0 Å². The van der Waals surface area contributed by atoms with Crippen LogP contribution in [-0.2, 0) is 27.0 Å². The van der Waals surface area contributed by atoms with E-state index >= 15 is 0 Å². The molecule has 11 heteroatoms. The van der Waals surface area contributed by atoms with Gasteiger partial charge < -0.3 is 15.4 Å². The van der Waals surface area contributed by atoms with Crippen molar-refractivity contribution in [3.63, 3.8) is 0 Å². The number of carbonyl (C=O) groups is 3. The normalized spacial score (nSPS) is 19.9. The average molecular weight is 470 g/mol. The van der Waals surface area contributed by atoms with Crippen LogP contribution in [0.4, 0.5) is 18.0 Å². The molecule has 1 aromatic carbocycles. The first-order valence-electron chi connectivity index (χ1n) is 10.8. The molecule has 1 unspecified atom stereocenters. The molecule has 182 valence electrons. The van der Waals surface area contributed by atoms with Crippen LogP contribution in [0.2, 0.25) is 0 Å². The quantitative estimate of drug-likeness (QED) is 0.706. The van der Waals surface area contributed by atoms with Crippen LogP contribution in [0.3, 0.4) is 0 Å². The van der Waals surface area contributed by atoms with Crippen LogP contribution >= 0.6 is 0 Å². The molecule has 8 nitrogen and oxygen atoms in total. The van der Waals surface area contributed by atoms with E-state index in [4.69, 9.17) is 4.74 Å². The Balaban J connectivity index is 1.79. The summed E-state index contributed by atoms with van der Waals surface area (Å²) in [7, 11) is 0. The van der Waals surface area contributed by atoms with Gasteiger partial charge >= 0.3 is 12.3 Å². The van der Waals surface area contributed by atoms with Gasteiger partial charge in [0, 0.05) is 26.2 Å². The number of hydrogen-bond donors (Lipinski definition) is 2. The molecule has 0 aromatic heterocycles. The van der Waals surface area contributed by atoms with Crippen molar-refractivity contribution in [3.05, 3.63) is 34.9 Å². The van der Waals surface area contributed by atoms with Gasteiger partial charge in [-0.05, 0) is 50.5 Å². The van der Waals surface area contributed by atoms with Gasteiger partial charge in [0.15, 0.2) is 0 Å². The van der Waals surface area contributed by atoms with E-state index in [1.807, 2.05) is 0 Å². The van der Waals surface area contributed by atoms with Crippen molar-refractivity contribution >= 4 is 17.9 Å². The van der Waals surface area contributed by atoms with E-state index < -0.39 is 47.2 Å². The highest BCUT2D eigenvalue weighted by molar-refractivity contribution is 5.90. The molecule has 0 aliphatic carbocycles. The van der Waals surface area contributed by atoms with Crippen molar-refractivity contribution in [2.24, 2.45) is 5.92 Å². The third kappa shape index (κ3) is 5.95. The van der Waals surface area contributed by atoms with Gasteiger partial charge in [0.2, 0.25) is 5.91 Å². The Morgan fingerprint density at radius 1 is 1.21 bits per heavy atom. The number of nitrogens with zero attached hydrogens (tertiary/aromatic N) is 2. The summed E-state index contributed by atoms with van der Waals surface area (Å²) >= 11 is 0. The van der Waals surface area contributed by atoms with Gasteiger partial charge in [0.05, 0.1) is 11.5 Å². The van der Waals surface area contributed by atoms with Crippen molar-refractivity contribution < 1.29 is 32.3 Å². The molecule has 0 radical (unpaired) electrons. The number of nitrogens with one attached hydrogen (secondary N) is 2. The predicted molar refractivity (Wildman–Crippen MR) is 112 cm³/mol. The fourth-order valence-corrected chi connectivity index (χ4v) is 3.83. The average Bonchev–Trinajstić information content (AvgIpc) is 3.12. The Morgan fingerprint density at radius 2 is 1.91 bits per heavy atom. The summed E-state index contributed by atoms with van der Waals surface area (Å²) < 4.78 is 44.9. The number of amides is 3. The fourth-order valence-electron chi connectivity index (χ4n) is 3.83. The van der Waals surface area contributed by atoms with Gasteiger partial charge in [-0.2, -0.15) is 13.2 Å². The Kier molecular flexibility index (Phi) is 6.92. The van der Waals surface area contributed by atoms with E-state index in [2.05, 4.69) is 10.6 Å². The van der Waals surface area contributed by atoms with E-state index in [1.165, 1.54) is 11.1 Å². The molecule has 33 heavy (non-hydrogen) atoms. The lowest BCUT2D eigenvalue weighted by molar-refractivity contribution is -0.148. The lowest BCUT2D eigenvalue weighted by Crippen LogP contribution is -2.47. The molecule has 2 atom stereocenters. The van der Waals surface area contributed by atoms with Crippen LogP contribution in [0, 0.1) is 5.92 Å². The summed E-state index contributed by atoms with van der Waals surface area (Å²) in [5, 5.41) is 8.38. The summed E-state index contributed by atoms with van der Waals surface area (Å²) in [5.74, 6) is -1.62. The van der Waals surface area contributed by atoms with Crippen molar-refractivity contribution in [1.82, 2.24) is 20.7 Å². The third-order valence-corrected chi connectivity index (χ3v) is 5.45. The number of benzene rings is 1. The first-order chi connectivity index (χ1) is 15.3. The molecule has 2 aliphatic rings. The van der Waals surface area contributed by atoms with E-state index in [0.717, 1.165) is 12.1 Å². The minimum absolute atomic E-state index is 0.0304. The summed E-state index contributed by atoms with van der Waals surface area (Å²) in [6.45, 7) is 7.80. The van der Waals surface area contributed by atoms with E-state index in [9.17, 15) is 27.6 Å². The van der Waals surface area contributed by atoms with Crippen molar-refractivity contribution in [2.45, 2.75) is 58.5 Å². The highest BCUT2D eigenvalue weighted by atomic mass is 19.4. The van der Waals surface area contributed by atoms with Crippen LogP contribution < -0.4 is 10.6 Å². The standard InChI is InChI=1S/C22H29F3N4O4/c1-13(11-26-20(32)33-21(2,3)4)18(30)27-17-16-7-6-15(22(23,24)25)10-14(16)12-28-8-5-9-29(28)19(17)31/h6-7,10,13,17H,5,8-9,11-12H2,1-4H3,(H,26,32)(H,27,30)/t13-,17?/m1/s1. The number of alkyl carbamates (subject to hydrolysis) is 1. The second-order valence-electron chi connectivity index (χ2n) is 9.34. The first-order valence-corrected chi connectivity index (χ1v) is 10.8. The highest BCUT2D eigenvalue weighted by Gasteiger charge is 2.40. The predicted octanol–water partition coefficient (Wildman–Crippen LogP) is 2.99. The molecule has 0 spiro atoms. The zero-order chi connectivity index (χ0) is 24.6. The number of hydrazine groups is 1. The summed E-state index contributed by atoms with van der Waals surface area (Å²) in [6.07, 6.45) is -4.50. The van der Waals surface area contributed by atoms with Crippen LogP contribution in [0.1, 0.15) is 56.8 Å². The minimum atomic E-state index is -4.52. The smallest absolute Gasteiger partial charge is 0.416 e. The van der Waals surface area contributed by atoms with E-state index in [1.54, 1.807) is 32.7 Å². The Morgan fingerprint density at radius 3 is 2.55 bits per heavy atom. The Hall–Kier alpha value is -2.82. The van der Waals surface area contributed by atoms with Gasteiger partial charge in [-0.15, -0.1) is 0 Å². The Bertz CT molecular complexity index is 929. The maximum absolute atomic E-state index is 13.3. The summed E-state index contributed by atoms with van der Waals surface area (Å²) in [6, 6.07) is 2.09. The third-order valence-electron chi connectivity index (χ3n) is 5.45. The molecule has 2 aliphatic heterocycles. The van der Waals surface area contributed by atoms with Crippen LogP contribution in [0.15, 0.2) is 18.2 Å². The van der Waals surface area contributed by atoms with Crippen LogP contribution in [-0.4, -0.2) is 53.2 Å². The molecular formula is C22H29F3N4O4. The summed E-state index contributed by atoms with van der Waals surface area (Å²) in [5.41, 5.74) is -0.819. The van der Waals surface area contributed by atoms with Crippen molar-refractivity contribution in [2.75, 3.05) is 19.6 Å². The molecule has 1 fully saturated rings. The number of hydrogen-bond acceptors (Lipinski definition) is 5. The molecule has 0 bridgehead atoms. The number of fused-ring (bicyclic) bond motifs is 2. The van der Waals surface area contributed by atoms with Crippen LogP contribution in [0.5, 0.6) is 0 Å². The molecule has 3 rings (SSSR count). The van der Waals surface area contributed by atoms with Gasteiger partial charge in [-0.25, -0.2) is 9.80 Å². The fraction of sp³-hybridized carbons (Fsp3) is 0.591. The SMILES string of the molecule is C[C@H](CNC(=O)OC(C)(C)C)C(=O)NC1C(=O)N2CCCN2Cc2cc(C(F)(F)F)ccc21. The molecule has 0 saturated carbocycles. The number of carbonyl (C=O) groups excluding carboxylic acids is 3. The van der Waals surface area contributed by atoms with Gasteiger partial charge in [-0.1, -0.05) is 13.0 Å². The largest absolute Gasteiger partial charge is 0.444 e. The maximum Gasteiger partial charge on any atom is 0.416 e. The molecular weight excluding hydrogens is 441 g/mol. The molecule has 3 amide bonds.